The van der Waals surface area contributed by atoms with Gasteiger partial charge in [0.15, 0.2) is 5.66 Å². The molecule has 1 amide bonds. The Kier molecular flexibility index (Phi) is 4.84. The van der Waals surface area contributed by atoms with E-state index in [1.165, 1.54) is 7.11 Å². The lowest BCUT2D eigenvalue weighted by Crippen LogP contribution is -2.48. The van der Waals surface area contributed by atoms with Crippen molar-refractivity contribution in [2.45, 2.75) is 37.3 Å². The SMILES string of the molecule is C#CCCC1(CCC(=O)N2CC(c3cccc(C(=O)OC)c3)C2)N=N1. The number of nitrogens with zero attached hydrogens (tertiary/aromatic N) is 3. The van der Waals surface area contributed by atoms with Crippen LogP contribution in [0.1, 0.15) is 47.5 Å². The Morgan fingerprint density at radius 2 is 2.12 bits per heavy atom. The third-order valence-electron chi connectivity index (χ3n) is 4.81. The van der Waals surface area contributed by atoms with Crippen molar-refractivity contribution >= 4 is 11.9 Å². The summed E-state index contributed by atoms with van der Waals surface area (Å²) in [5.74, 6) is 2.63. The minimum Gasteiger partial charge on any atom is -0.465 e. The van der Waals surface area contributed by atoms with Crippen LogP contribution in [-0.4, -0.2) is 42.6 Å². The maximum absolute atomic E-state index is 12.3. The van der Waals surface area contributed by atoms with E-state index in [2.05, 4.69) is 16.1 Å². The van der Waals surface area contributed by atoms with Gasteiger partial charge in [-0.05, 0) is 17.7 Å². The normalized spacial score (nSPS) is 17.5. The van der Waals surface area contributed by atoms with Crippen molar-refractivity contribution in [2.75, 3.05) is 20.2 Å². The van der Waals surface area contributed by atoms with Gasteiger partial charge in [-0.15, -0.1) is 12.3 Å². The zero-order valence-corrected chi connectivity index (χ0v) is 14.3. The molecule has 2 aliphatic heterocycles. The molecule has 25 heavy (non-hydrogen) atoms. The Labute approximate surface area is 147 Å². The van der Waals surface area contributed by atoms with Crippen LogP contribution in [0.15, 0.2) is 34.5 Å². The van der Waals surface area contributed by atoms with E-state index in [9.17, 15) is 9.59 Å². The van der Waals surface area contributed by atoms with Gasteiger partial charge in [-0.3, -0.25) is 4.79 Å². The quantitative estimate of drug-likeness (QED) is 0.566. The van der Waals surface area contributed by atoms with Crippen LogP contribution in [0.2, 0.25) is 0 Å². The van der Waals surface area contributed by atoms with Gasteiger partial charge in [-0.2, -0.15) is 10.2 Å². The van der Waals surface area contributed by atoms with Gasteiger partial charge in [0.1, 0.15) is 0 Å². The molecule has 130 valence electrons. The highest BCUT2D eigenvalue weighted by Crippen LogP contribution is 2.38. The van der Waals surface area contributed by atoms with Crippen molar-refractivity contribution in [3.8, 4) is 12.3 Å². The maximum Gasteiger partial charge on any atom is 0.337 e. The van der Waals surface area contributed by atoms with Gasteiger partial charge in [-0.1, -0.05) is 12.1 Å². The molecule has 1 aromatic rings. The Balaban J connectivity index is 1.47. The molecule has 3 rings (SSSR count). The summed E-state index contributed by atoms with van der Waals surface area (Å²) in [5.41, 5.74) is 1.20. The van der Waals surface area contributed by atoms with Gasteiger partial charge in [0.2, 0.25) is 5.91 Å². The van der Waals surface area contributed by atoms with Crippen LogP contribution in [0.4, 0.5) is 0 Å². The number of methoxy groups -OCH3 is 1. The van der Waals surface area contributed by atoms with Gasteiger partial charge in [0, 0.05) is 44.7 Å². The molecule has 6 nitrogen and oxygen atoms in total. The van der Waals surface area contributed by atoms with Crippen molar-refractivity contribution in [3.63, 3.8) is 0 Å². The van der Waals surface area contributed by atoms with E-state index in [4.69, 9.17) is 11.2 Å². The highest BCUT2D eigenvalue weighted by molar-refractivity contribution is 5.89. The van der Waals surface area contributed by atoms with E-state index in [1.54, 1.807) is 6.07 Å². The van der Waals surface area contributed by atoms with Crippen molar-refractivity contribution in [1.82, 2.24) is 4.90 Å². The third-order valence-corrected chi connectivity index (χ3v) is 4.81. The molecule has 2 heterocycles. The second kappa shape index (κ2) is 7.06. The average Bonchev–Trinajstić information content (AvgIpc) is 3.37. The smallest absolute Gasteiger partial charge is 0.337 e. The predicted octanol–water partition coefficient (Wildman–Crippen LogP) is 2.75. The Hall–Kier alpha value is -2.68. The molecule has 0 N–H and O–H groups in total. The Morgan fingerprint density at radius 1 is 1.36 bits per heavy atom. The maximum atomic E-state index is 12.3. The van der Waals surface area contributed by atoms with Crippen LogP contribution in [-0.2, 0) is 9.53 Å². The zero-order valence-electron chi connectivity index (χ0n) is 14.3. The summed E-state index contributed by atoms with van der Waals surface area (Å²) in [4.78, 5) is 25.8. The molecule has 1 saturated heterocycles. The number of terminal acetylenes is 1. The highest BCUT2D eigenvalue weighted by atomic mass is 16.5. The first-order valence-electron chi connectivity index (χ1n) is 8.40. The summed E-state index contributed by atoms with van der Waals surface area (Å²) in [6.45, 7) is 1.35. The topological polar surface area (TPSA) is 71.3 Å². The summed E-state index contributed by atoms with van der Waals surface area (Å²) in [6, 6.07) is 7.40. The number of hydrogen-bond donors (Lipinski definition) is 0. The third kappa shape index (κ3) is 3.87. The molecule has 2 aliphatic rings. The van der Waals surface area contributed by atoms with E-state index < -0.39 is 5.66 Å². The number of esters is 1. The van der Waals surface area contributed by atoms with Crippen molar-refractivity contribution in [3.05, 3.63) is 35.4 Å². The minimum atomic E-state index is -0.402. The van der Waals surface area contributed by atoms with E-state index >= 15 is 0 Å². The monoisotopic (exact) mass is 339 g/mol. The van der Waals surface area contributed by atoms with Crippen molar-refractivity contribution in [2.24, 2.45) is 10.2 Å². The fourth-order valence-corrected chi connectivity index (χ4v) is 3.06. The molecular weight excluding hydrogens is 318 g/mol. The van der Waals surface area contributed by atoms with Crippen LogP contribution in [0, 0.1) is 12.3 Å². The number of rotatable bonds is 7. The standard InChI is InChI=1S/C19H21N3O3/c1-3-4-9-19(20-21-19)10-8-17(23)22-12-16(13-22)14-6-5-7-15(11-14)18(24)25-2/h1,5-7,11,16H,4,8-10,12-13H2,2H3. The molecule has 0 spiro atoms. The second-order valence-corrected chi connectivity index (χ2v) is 6.50. The van der Waals surface area contributed by atoms with Gasteiger partial charge in [0.25, 0.3) is 0 Å². The predicted molar refractivity (Wildman–Crippen MR) is 92.0 cm³/mol. The average molecular weight is 339 g/mol. The summed E-state index contributed by atoms with van der Waals surface area (Å²) in [5, 5.41) is 8.12. The molecule has 0 atom stereocenters. The first-order valence-corrected chi connectivity index (χ1v) is 8.40. The summed E-state index contributed by atoms with van der Waals surface area (Å²) < 4.78 is 4.75. The van der Waals surface area contributed by atoms with Gasteiger partial charge in [-0.25, -0.2) is 4.79 Å². The van der Waals surface area contributed by atoms with Gasteiger partial charge >= 0.3 is 5.97 Å². The Bertz CT molecular complexity index is 739. The molecule has 0 aliphatic carbocycles. The van der Waals surface area contributed by atoms with Gasteiger partial charge in [0.05, 0.1) is 12.7 Å². The number of hydrogen-bond acceptors (Lipinski definition) is 5. The fourth-order valence-electron chi connectivity index (χ4n) is 3.06. The number of ether oxygens (including phenoxy) is 1. The fraction of sp³-hybridized carbons (Fsp3) is 0.474. The number of likely N-dealkylation sites (tertiary alicyclic amines) is 1. The van der Waals surface area contributed by atoms with E-state index in [-0.39, 0.29) is 17.8 Å². The molecule has 1 aromatic carbocycles. The van der Waals surface area contributed by atoms with Crippen LogP contribution in [0.3, 0.4) is 0 Å². The summed E-state index contributed by atoms with van der Waals surface area (Å²) in [7, 11) is 1.37. The highest BCUT2D eigenvalue weighted by Gasteiger charge is 2.40. The van der Waals surface area contributed by atoms with E-state index in [0.717, 1.165) is 12.0 Å². The molecule has 0 unspecified atom stereocenters. The number of benzene rings is 1. The largest absolute Gasteiger partial charge is 0.465 e. The second-order valence-electron chi connectivity index (χ2n) is 6.50. The van der Waals surface area contributed by atoms with Crippen molar-refractivity contribution < 1.29 is 14.3 Å². The summed E-state index contributed by atoms with van der Waals surface area (Å²) >= 11 is 0. The molecule has 0 aromatic heterocycles. The van der Waals surface area contributed by atoms with Gasteiger partial charge < -0.3 is 9.64 Å². The number of carbonyl (C=O) groups excluding carboxylic acids is 2. The lowest BCUT2D eigenvalue weighted by atomic mass is 9.89. The molecule has 0 saturated carbocycles. The van der Waals surface area contributed by atoms with Crippen LogP contribution >= 0.6 is 0 Å². The lowest BCUT2D eigenvalue weighted by molar-refractivity contribution is -0.135. The first kappa shape index (κ1) is 17.2. The molecule has 0 radical (unpaired) electrons. The van der Waals surface area contributed by atoms with E-state index in [1.807, 2.05) is 23.1 Å². The molecule has 0 bridgehead atoms. The first-order chi connectivity index (χ1) is 12.1. The van der Waals surface area contributed by atoms with Crippen LogP contribution < -0.4 is 0 Å². The van der Waals surface area contributed by atoms with Crippen LogP contribution in [0.5, 0.6) is 0 Å². The lowest BCUT2D eigenvalue weighted by Gasteiger charge is -2.40. The molecular formula is C19H21N3O3. The Morgan fingerprint density at radius 3 is 2.76 bits per heavy atom. The van der Waals surface area contributed by atoms with Crippen molar-refractivity contribution in [1.29, 1.82) is 0 Å². The summed E-state index contributed by atoms with van der Waals surface area (Å²) in [6.07, 6.45) is 7.69. The number of amides is 1. The minimum absolute atomic E-state index is 0.123. The molecule has 1 fully saturated rings. The zero-order chi connectivity index (χ0) is 17.9. The number of carbonyl (C=O) groups is 2. The molecule has 6 heteroatoms. The van der Waals surface area contributed by atoms with Crippen LogP contribution in [0.25, 0.3) is 0 Å². The van der Waals surface area contributed by atoms with E-state index in [0.29, 0.717) is 37.9 Å².